The highest BCUT2D eigenvalue weighted by Gasteiger charge is 2.44. The molecule has 3 heterocycles. The van der Waals surface area contributed by atoms with Crippen LogP contribution >= 0.6 is 0 Å². The molecule has 0 aliphatic carbocycles. The summed E-state index contributed by atoms with van der Waals surface area (Å²) < 4.78 is 0. The summed E-state index contributed by atoms with van der Waals surface area (Å²) in [7, 11) is 2.23. The molecule has 1 amide bonds. The minimum atomic E-state index is 0.130. The molecule has 5 nitrogen and oxygen atoms in total. The number of rotatable bonds is 3. The largest absolute Gasteiger partial charge is 0.338 e. The molecule has 1 aromatic carbocycles. The zero-order valence-electron chi connectivity index (χ0n) is 15.0. The van der Waals surface area contributed by atoms with Gasteiger partial charge in [-0.2, -0.15) is 5.10 Å². The third kappa shape index (κ3) is 2.86. The molecular formula is C20H26N4O. The smallest absolute Gasteiger partial charge is 0.257 e. The van der Waals surface area contributed by atoms with E-state index >= 15 is 0 Å². The lowest BCUT2D eigenvalue weighted by molar-refractivity contribution is 0.0606. The molecule has 2 saturated heterocycles. The Kier molecular flexibility index (Phi) is 4.34. The summed E-state index contributed by atoms with van der Waals surface area (Å²) in [4.78, 5) is 17.5. The number of aromatic nitrogens is 2. The van der Waals surface area contributed by atoms with Crippen LogP contribution in [0.3, 0.4) is 0 Å². The van der Waals surface area contributed by atoms with Gasteiger partial charge in [-0.25, -0.2) is 0 Å². The van der Waals surface area contributed by atoms with Crippen LogP contribution in [-0.4, -0.2) is 58.6 Å². The molecule has 5 heteroatoms. The van der Waals surface area contributed by atoms with Gasteiger partial charge in [-0.1, -0.05) is 37.3 Å². The molecular weight excluding hydrogens is 312 g/mol. The summed E-state index contributed by atoms with van der Waals surface area (Å²) in [6.07, 6.45) is 3.54. The van der Waals surface area contributed by atoms with Crippen molar-refractivity contribution in [2.45, 2.75) is 31.7 Å². The van der Waals surface area contributed by atoms with Gasteiger partial charge in [0.05, 0.1) is 11.8 Å². The first-order valence-electron chi connectivity index (χ1n) is 9.25. The standard InChI is InChI=1S/C20H26N4O/c1-3-18-15(11-21-22-18)20(25)24-10-9-19-17(13-24)16(12-23(19)2)14-7-5-4-6-8-14/h4-8,11,16-17,19H,3,9-10,12-13H2,1-2H3,(H,21,22)/t16-,17-,19-/m1/s1. The highest BCUT2D eigenvalue weighted by molar-refractivity contribution is 5.95. The summed E-state index contributed by atoms with van der Waals surface area (Å²) in [6, 6.07) is 11.3. The number of amides is 1. The second kappa shape index (κ2) is 6.64. The van der Waals surface area contributed by atoms with Crippen molar-refractivity contribution in [2.75, 3.05) is 26.7 Å². The fourth-order valence-corrected chi connectivity index (χ4v) is 4.67. The minimum Gasteiger partial charge on any atom is -0.338 e. The van der Waals surface area contributed by atoms with Crippen LogP contribution < -0.4 is 0 Å². The molecule has 0 saturated carbocycles. The van der Waals surface area contributed by atoms with E-state index in [-0.39, 0.29) is 5.91 Å². The Balaban J connectivity index is 1.56. The van der Waals surface area contributed by atoms with E-state index in [2.05, 4.69) is 52.5 Å². The van der Waals surface area contributed by atoms with Gasteiger partial charge in [0.15, 0.2) is 0 Å². The summed E-state index contributed by atoms with van der Waals surface area (Å²) in [6.45, 7) is 4.79. The van der Waals surface area contributed by atoms with Crippen molar-refractivity contribution >= 4 is 5.91 Å². The number of carbonyl (C=O) groups is 1. The van der Waals surface area contributed by atoms with E-state index in [9.17, 15) is 4.79 Å². The van der Waals surface area contributed by atoms with Crippen molar-refractivity contribution < 1.29 is 4.79 Å². The van der Waals surface area contributed by atoms with Crippen LogP contribution in [0.25, 0.3) is 0 Å². The SMILES string of the molecule is CCc1[nH]ncc1C(=O)N1CC[C@@H]2[C@H](C1)[C@@H](c1ccccc1)CN2C. The first-order valence-corrected chi connectivity index (χ1v) is 9.25. The predicted molar refractivity (Wildman–Crippen MR) is 97.6 cm³/mol. The topological polar surface area (TPSA) is 52.2 Å². The number of likely N-dealkylation sites (N-methyl/N-ethyl adjacent to an activating group) is 1. The van der Waals surface area contributed by atoms with E-state index in [1.807, 2.05) is 11.8 Å². The number of aromatic amines is 1. The number of piperidine rings is 1. The lowest BCUT2D eigenvalue weighted by Gasteiger charge is -2.38. The summed E-state index contributed by atoms with van der Waals surface area (Å²) in [5.74, 6) is 1.13. The molecule has 1 aromatic heterocycles. The third-order valence-electron chi connectivity index (χ3n) is 6.01. The molecule has 2 aliphatic rings. The van der Waals surface area contributed by atoms with E-state index in [1.54, 1.807) is 6.20 Å². The van der Waals surface area contributed by atoms with Crippen molar-refractivity contribution in [1.29, 1.82) is 0 Å². The summed E-state index contributed by atoms with van der Waals surface area (Å²) in [5, 5.41) is 7.03. The van der Waals surface area contributed by atoms with Crippen molar-refractivity contribution in [3.63, 3.8) is 0 Å². The molecule has 4 rings (SSSR count). The number of H-pyrrole nitrogens is 1. The highest BCUT2D eigenvalue weighted by Crippen LogP contribution is 2.40. The van der Waals surface area contributed by atoms with Crippen LogP contribution in [0.1, 0.15) is 40.9 Å². The van der Waals surface area contributed by atoms with E-state index < -0.39 is 0 Å². The van der Waals surface area contributed by atoms with E-state index in [0.29, 0.717) is 17.9 Å². The molecule has 25 heavy (non-hydrogen) atoms. The summed E-state index contributed by atoms with van der Waals surface area (Å²) in [5.41, 5.74) is 3.08. The third-order valence-corrected chi connectivity index (χ3v) is 6.01. The van der Waals surface area contributed by atoms with E-state index in [4.69, 9.17) is 0 Å². The Morgan fingerprint density at radius 3 is 2.84 bits per heavy atom. The predicted octanol–water partition coefficient (Wildman–Crippen LogP) is 2.53. The second-order valence-corrected chi connectivity index (χ2v) is 7.34. The number of fused-ring (bicyclic) bond motifs is 1. The van der Waals surface area contributed by atoms with Gasteiger partial charge in [-0.15, -0.1) is 0 Å². The quantitative estimate of drug-likeness (QED) is 0.936. The molecule has 3 atom stereocenters. The van der Waals surface area contributed by atoms with Gasteiger partial charge in [0, 0.05) is 43.2 Å². The monoisotopic (exact) mass is 338 g/mol. The van der Waals surface area contributed by atoms with Crippen LogP contribution in [0.2, 0.25) is 0 Å². The van der Waals surface area contributed by atoms with Crippen molar-refractivity contribution in [3.8, 4) is 0 Å². The fraction of sp³-hybridized carbons (Fsp3) is 0.500. The van der Waals surface area contributed by atoms with Gasteiger partial charge < -0.3 is 9.80 Å². The number of hydrogen-bond donors (Lipinski definition) is 1. The second-order valence-electron chi connectivity index (χ2n) is 7.34. The lowest BCUT2D eigenvalue weighted by Crippen LogP contribution is -2.48. The van der Waals surface area contributed by atoms with Gasteiger partial charge in [0.25, 0.3) is 5.91 Å². The molecule has 0 unspecified atom stereocenters. The maximum absolute atomic E-state index is 13.0. The first-order chi connectivity index (χ1) is 12.2. The van der Waals surface area contributed by atoms with Gasteiger partial charge in [0.1, 0.15) is 0 Å². The average Bonchev–Trinajstić information content (AvgIpc) is 3.26. The molecule has 0 bridgehead atoms. The molecule has 0 radical (unpaired) electrons. The average molecular weight is 338 g/mol. The number of nitrogens with zero attached hydrogens (tertiary/aromatic N) is 3. The Morgan fingerprint density at radius 2 is 2.08 bits per heavy atom. The fourth-order valence-electron chi connectivity index (χ4n) is 4.67. The molecule has 132 valence electrons. The Labute approximate surface area is 149 Å². The van der Waals surface area contributed by atoms with Crippen LogP contribution in [-0.2, 0) is 6.42 Å². The minimum absolute atomic E-state index is 0.130. The number of likely N-dealkylation sites (tertiary alicyclic amines) is 2. The maximum atomic E-state index is 13.0. The molecule has 0 spiro atoms. The Hall–Kier alpha value is -2.14. The van der Waals surface area contributed by atoms with Crippen molar-refractivity contribution in [3.05, 3.63) is 53.3 Å². The van der Waals surface area contributed by atoms with E-state index in [1.165, 1.54) is 5.56 Å². The molecule has 1 N–H and O–H groups in total. The van der Waals surface area contributed by atoms with Crippen LogP contribution in [0.5, 0.6) is 0 Å². The van der Waals surface area contributed by atoms with Crippen molar-refractivity contribution in [2.24, 2.45) is 5.92 Å². The van der Waals surface area contributed by atoms with Crippen LogP contribution in [0, 0.1) is 5.92 Å². The zero-order chi connectivity index (χ0) is 17.4. The van der Waals surface area contributed by atoms with Gasteiger partial charge in [-0.05, 0) is 25.5 Å². The number of hydrogen-bond acceptors (Lipinski definition) is 3. The maximum Gasteiger partial charge on any atom is 0.257 e. The lowest BCUT2D eigenvalue weighted by atomic mass is 9.81. The first kappa shape index (κ1) is 16.3. The number of aryl methyl sites for hydroxylation is 1. The highest BCUT2D eigenvalue weighted by atomic mass is 16.2. The van der Waals surface area contributed by atoms with E-state index in [0.717, 1.165) is 43.7 Å². The number of benzene rings is 1. The van der Waals surface area contributed by atoms with Crippen molar-refractivity contribution in [1.82, 2.24) is 20.0 Å². The summed E-state index contributed by atoms with van der Waals surface area (Å²) >= 11 is 0. The molecule has 2 aliphatic heterocycles. The Morgan fingerprint density at radius 1 is 1.28 bits per heavy atom. The number of nitrogens with one attached hydrogen (secondary N) is 1. The van der Waals surface area contributed by atoms with Crippen LogP contribution in [0.15, 0.2) is 36.5 Å². The van der Waals surface area contributed by atoms with Crippen LogP contribution in [0.4, 0.5) is 0 Å². The molecule has 2 aromatic rings. The normalized spacial score (nSPS) is 26.6. The van der Waals surface area contributed by atoms with Gasteiger partial charge in [-0.3, -0.25) is 9.89 Å². The van der Waals surface area contributed by atoms with Gasteiger partial charge in [0.2, 0.25) is 0 Å². The zero-order valence-corrected chi connectivity index (χ0v) is 15.0. The van der Waals surface area contributed by atoms with Gasteiger partial charge >= 0.3 is 0 Å². The number of carbonyl (C=O) groups excluding carboxylic acids is 1. The molecule has 2 fully saturated rings. The Bertz CT molecular complexity index is 741.